The monoisotopic (exact) mass is 369 g/mol. The summed E-state index contributed by atoms with van der Waals surface area (Å²) < 4.78 is 13.1. The smallest absolute Gasteiger partial charge is 0.668 e. The van der Waals surface area contributed by atoms with Crippen LogP contribution in [0.4, 0.5) is 4.39 Å². The molecule has 1 saturated carbocycles. The molecule has 114 valence electrons. The van der Waals surface area contributed by atoms with Crippen molar-refractivity contribution in [3.63, 3.8) is 0 Å². The fraction of sp³-hybridized carbons (Fsp3) is 0.923. The van der Waals surface area contributed by atoms with E-state index in [1.54, 1.807) is 28.2 Å². The van der Waals surface area contributed by atoms with Gasteiger partial charge in [-0.1, -0.05) is 0 Å². The summed E-state index contributed by atoms with van der Waals surface area (Å²) in [5.74, 6) is 0. The molecule has 0 aromatic heterocycles. The van der Waals surface area contributed by atoms with Crippen LogP contribution in [0.15, 0.2) is 0 Å². The Hall–Kier alpha value is 1.12. The second kappa shape index (κ2) is 21.4. The molecule has 3 unspecified atom stereocenters. The molecule has 6 heteroatoms. The second-order valence-electron chi connectivity index (χ2n) is 4.12. The van der Waals surface area contributed by atoms with Crippen molar-refractivity contribution in [2.75, 3.05) is 48.2 Å². The Morgan fingerprint density at radius 3 is 1.74 bits per heavy atom. The molecule has 0 spiro atoms. The van der Waals surface area contributed by atoms with Crippen molar-refractivity contribution in [2.45, 2.75) is 31.1 Å². The minimum atomic E-state index is -0.520. The Morgan fingerprint density at radius 2 is 1.47 bits per heavy atom. The normalized spacial score (nSPS) is 21.6. The molecule has 1 fully saturated rings. The first-order valence-electron chi connectivity index (χ1n) is 5.94. The van der Waals surface area contributed by atoms with E-state index < -0.39 is 6.17 Å². The van der Waals surface area contributed by atoms with Gasteiger partial charge in [-0.2, -0.15) is 35.2 Å². The maximum Gasteiger partial charge on any atom is 4.00 e. The number of rotatable bonds is 3. The molecule has 1 rings (SSSR count). The van der Waals surface area contributed by atoms with E-state index in [1.165, 1.54) is 0 Å². The van der Waals surface area contributed by atoms with Crippen molar-refractivity contribution < 1.29 is 30.6 Å². The molecule has 0 bridgehead atoms. The molecular formula is C13H31FN3PZr. The van der Waals surface area contributed by atoms with Crippen LogP contribution >= 0.6 is 7.92 Å². The first-order valence-corrected chi connectivity index (χ1v) is 7.99. The van der Waals surface area contributed by atoms with Crippen molar-refractivity contribution in [1.29, 1.82) is 0 Å². The molecule has 0 aliphatic heterocycles. The van der Waals surface area contributed by atoms with E-state index in [4.69, 9.17) is 0 Å². The van der Waals surface area contributed by atoms with Gasteiger partial charge in [0, 0.05) is 5.66 Å². The van der Waals surface area contributed by atoms with Crippen molar-refractivity contribution in [3.8, 4) is 0 Å². The van der Waals surface area contributed by atoms with Crippen LogP contribution in [0, 0.1) is 7.43 Å². The van der Waals surface area contributed by atoms with Crippen LogP contribution in [0.3, 0.4) is 0 Å². The molecule has 1 aliphatic rings. The van der Waals surface area contributed by atoms with Crippen LogP contribution < -0.4 is 0 Å². The second-order valence-corrected chi connectivity index (χ2v) is 6.58. The van der Waals surface area contributed by atoms with Crippen molar-refractivity contribution >= 4 is 7.92 Å². The third-order valence-electron chi connectivity index (χ3n) is 2.33. The maximum atomic E-state index is 13.1. The van der Waals surface area contributed by atoms with Gasteiger partial charge in [0.05, 0.1) is 0 Å². The Bertz CT molecular complexity index is 154. The van der Waals surface area contributed by atoms with Gasteiger partial charge in [-0.3, -0.25) is 0 Å². The summed E-state index contributed by atoms with van der Waals surface area (Å²) >= 11 is 0. The van der Waals surface area contributed by atoms with E-state index >= 15 is 0 Å². The van der Waals surface area contributed by atoms with E-state index in [0.29, 0.717) is 5.66 Å². The predicted molar refractivity (Wildman–Crippen MR) is 86.4 cm³/mol. The maximum absolute atomic E-state index is 13.1. The molecule has 19 heavy (non-hydrogen) atoms. The summed E-state index contributed by atoms with van der Waals surface area (Å²) in [4.78, 5) is 0. The van der Waals surface area contributed by atoms with Gasteiger partial charge < -0.3 is 23.4 Å². The van der Waals surface area contributed by atoms with Gasteiger partial charge in [-0.05, 0) is 25.9 Å². The Balaban J connectivity index is -0.000000122. The molecule has 0 N–H and O–H groups in total. The minimum Gasteiger partial charge on any atom is -0.668 e. The van der Waals surface area contributed by atoms with Crippen LogP contribution in [0.5, 0.6) is 0 Å². The number of halogens is 1. The molecule has 0 aromatic carbocycles. The standard InChI is InChI=1S/C8H16FNP.2C2H6N.CH3.Zr/c1-10-6-11(2)8-5-3-4-7(8)9;2*1-3-2;;/h7-8H,3-6H2,1-2H3;2*1-2H3;1H3;/q4*-1;+4. The van der Waals surface area contributed by atoms with Crippen molar-refractivity contribution in [2.24, 2.45) is 0 Å². The molecule has 0 amide bonds. The van der Waals surface area contributed by atoms with E-state index in [1.807, 2.05) is 7.05 Å². The summed E-state index contributed by atoms with van der Waals surface area (Å²) in [6.45, 7) is 2.17. The van der Waals surface area contributed by atoms with Crippen LogP contribution in [0.2, 0.25) is 0 Å². The van der Waals surface area contributed by atoms with E-state index in [-0.39, 0.29) is 41.6 Å². The van der Waals surface area contributed by atoms with E-state index in [0.717, 1.165) is 25.5 Å². The summed E-state index contributed by atoms with van der Waals surface area (Å²) in [7, 11) is 8.66. The summed E-state index contributed by atoms with van der Waals surface area (Å²) in [5.41, 5.74) is 0.355. The molecule has 0 aromatic rings. The summed E-state index contributed by atoms with van der Waals surface area (Å²) in [6.07, 6.45) is 3.34. The number of nitrogens with zero attached hydrogens (tertiary/aromatic N) is 3. The van der Waals surface area contributed by atoms with Crippen molar-refractivity contribution in [1.82, 2.24) is 0 Å². The quantitative estimate of drug-likeness (QED) is 0.513. The summed E-state index contributed by atoms with van der Waals surface area (Å²) in [6, 6.07) is 0. The zero-order valence-corrected chi connectivity index (χ0v) is 17.0. The van der Waals surface area contributed by atoms with Crippen molar-refractivity contribution in [3.05, 3.63) is 23.4 Å². The number of hydrogen-bond acceptors (Lipinski definition) is 0. The molecule has 3 atom stereocenters. The summed E-state index contributed by atoms with van der Waals surface area (Å²) in [5, 5.41) is 11.1. The zero-order valence-electron chi connectivity index (χ0n) is 13.6. The fourth-order valence-corrected chi connectivity index (χ4v) is 3.70. The van der Waals surface area contributed by atoms with Gasteiger partial charge in [0.2, 0.25) is 0 Å². The average Bonchev–Trinajstić information content (AvgIpc) is 2.67. The number of alkyl halides is 1. The first kappa shape index (κ1) is 28.3. The van der Waals surface area contributed by atoms with Gasteiger partial charge in [-0.25, -0.2) is 4.39 Å². The molecule has 3 nitrogen and oxygen atoms in total. The zero-order chi connectivity index (χ0) is 13.7. The molecule has 0 heterocycles. The third-order valence-corrected chi connectivity index (χ3v) is 4.77. The molecular weight excluding hydrogens is 339 g/mol. The van der Waals surface area contributed by atoms with E-state index in [9.17, 15) is 4.39 Å². The van der Waals surface area contributed by atoms with Gasteiger partial charge in [-0.15, -0.1) is 14.2 Å². The average molecular weight is 371 g/mol. The molecule has 1 aliphatic carbocycles. The van der Waals surface area contributed by atoms with Gasteiger partial charge >= 0.3 is 26.2 Å². The topological polar surface area (TPSA) is 42.3 Å². The Kier molecular flexibility index (Phi) is 31.9. The van der Waals surface area contributed by atoms with Crippen LogP contribution in [-0.4, -0.2) is 60.0 Å². The minimum absolute atomic E-state index is 0. The van der Waals surface area contributed by atoms with Crippen LogP contribution in [0.25, 0.3) is 16.0 Å². The molecule has 0 radical (unpaired) electrons. The van der Waals surface area contributed by atoms with Gasteiger partial charge in [0.1, 0.15) is 6.17 Å². The number of hydrogen-bond donors (Lipinski definition) is 0. The van der Waals surface area contributed by atoms with E-state index in [2.05, 4.69) is 22.6 Å². The van der Waals surface area contributed by atoms with Gasteiger partial charge in [0.25, 0.3) is 0 Å². The third kappa shape index (κ3) is 17.1. The van der Waals surface area contributed by atoms with Crippen LogP contribution in [0.1, 0.15) is 19.3 Å². The van der Waals surface area contributed by atoms with Crippen LogP contribution in [-0.2, 0) is 26.2 Å². The molecule has 0 saturated heterocycles. The SMILES string of the molecule is C[N-]C.C[N-]C.C[N-]CP(C)C1CCCC1F.[CH3-].[Zr+4]. The van der Waals surface area contributed by atoms with Gasteiger partial charge in [0.15, 0.2) is 0 Å². The first-order chi connectivity index (χ1) is 8.08. The predicted octanol–water partition coefficient (Wildman–Crippen LogP) is 4.64. The fourth-order valence-electron chi connectivity index (χ4n) is 1.72. The largest absolute Gasteiger partial charge is 4.00 e. The Labute approximate surface area is 141 Å². The Morgan fingerprint density at radius 1 is 1.05 bits per heavy atom.